The Morgan fingerprint density at radius 2 is 1.00 bits per heavy atom. The Kier molecular flexibility index (Phi) is 6.34. The van der Waals surface area contributed by atoms with Gasteiger partial charge < -0.3 is 8.83 Å². The number of para-hydroxylation sites is 2. The number of aromatic nitrogens is 3. The van der Waals surface area contributed by atoms with Gasteiger partial charge in [0.1, 0.15) is 30.4 Å². The number of hydrogen-bond acceptors (Lipinski definition) is 5. The van der Waals surface area contributed by atoms with Crippen LogP contribution in [0.1, 0.15) is 0 Å². The van der Waals surface area contributed by atoms with Gasteiger partial charge in [-0.3, -0.25) is 0 Å². The van der Waals surface area contributed by atoms with Gasteiger partial charge in [0.25, 0.3) is 0 Å². The minimum Gasteiger partial charge on any atom is -0.456 e. The molecule has 53 heavy (non-hydrogen) atoms. The van der Waals surface area contributed by atoms with E-state index in [1.807, 2.05) is 42.5 Å². The SMILES string of the molecule is C[Si]1(C)c2ccccc2-c2c1cc(-c1nc(-c3cccc(-c4ccccc4)c3)nc(-c3cccc4oc5ccccc5c34)n1)c1c2oc2ccccc21. The zero-order valence-electron chi connectivity index (χ0n) is 29.1. The van der Waals surface area contributed by atoms with E-state index in [1.54, 1.807) is 0 Å². The van der Waals surface area contributed by atoms with Crippen LogP contribution in [0, 0.1) is 0 Å². The predicted octanol–water partition coefficient (Wildman–Crippen LogP) is 11.1. The van der Waals surface area contributed by atoms with Crippen LogP contribution in [0.15, 0.2) is 160 Å². The van der Waals surface area contributed by atoms with Crippen molar-refractivity contribution in [1.82, 2.24) is 15.0 Å². The minimum atomic E-state index is -2.11. The topological polar surface area (TPSA) is 65.0 Å². The first kappa shape index (κ1) is 30.0. The van der Waals surface area contributed by atoms with Crippen LogP contribution in [0.2, 0.25) is 13.1 Å². The molecule has 11 rings (SSSR count). The summed E-state index contributed by atoms with van der Waals surface area (Å²) in [7, 11) is -2.11. The molecule has 0 aliphatic carbocycles. The van der Waals surface area contributed by atoms with Crippen LogP contribution in [-0.2, 0) is 0 Å². The van der Waals surface area contributed by atoms with Gasteiger partial charge in [-0.15, -0.1) is 0 Å². The molecule has 250 valence electrons. The highest BCUT2D eigenvalue weighted by atomic mass is 28.3. The third kappa shape index (κ3) is 4.46. The number of fused-ring (bicyclic) bond motifs is 10. The average Bonchev–Trinajstić information content (AvgIpc) is 3.86. The first-order valence-corrected chi connectivity index (χ1v) is 20.9. The van der Waals surface area contributed by atoms with Crippen molar-refractivity contribution in [2.24, 2.45) is 0 Å². The molecule has 0 radical (unpaired) electrons. The molecule has 0 amide bonds. The van der Waals surface area contributed by atoms with Crippen LogP contribution in [0.5, 0.6) is 0 Å². The Morgan fingerprint density at radius 3 is 1.83 bits per heavy atom. The molecule has 0 saturated heterocycles. The molecular weight excluding hydrogens is 667 g/mol. The smallest absolute Gasteiger partial charge is 0.164 e. The van der Waals surface area contributed by atoms with Crippen molar-refractivity contribution in [2.45, 2.75) is 13.1 Å². The zero-order chi connectivity index (χ0) is 35.3. The molecule has 4 heterocycles. The summed E-state index contributed by atoms with van der Waals surface area (Å²) < 4.78 is 13.2. The lowest BCUT2D eigenvalue weighted by molar-refractivity contribution is 0.669. The van der Waals surface area contributed by atoms with Gasteiger partial charge in [0.15, 0.2) is 17.5 Å². The molecule has 7 aromatic carbocycles. The van der Waals surface area contributed by atoms with E-state index in [1.165, 1.54) is 21.5 Å². The Morgan fingerprint density at radius 1 is 0.415 bits per heavy atom. The summed E-state index contributed by atoms with van der Waals surface area (Å²) in [5, 5.41) is 6.83. The lowest BCUT2D eigenvalue weighted by Gasteiger charge is -2.19. The minimum absolute atomic E-state index is 0.591. The fraction of sp³-hybridized carbons (Fsp3) is 0.0426. The van der Waals surface area contributed by atoms with Crippen molar-refractivity contribution in [3.63, 3.8) is 0 Å². The third-order valence-electron chi connectivity index (χ3n) is 10.9. The second-order valence-corrected chi connectivity index (χ2v) is 18.7. The molecule has 0 saturated carbocycles. The highest BCUT2D eigenvalue weighted by molar-refractivity contribution is 7.04. The van der Waals surface area contributed by atoms with E-state index >= 15 is 0 Å². The molecule has 10 aromatic rings. The fourth-order valence-corrected chi connectivity index (χ4v) is 11.5. The van der Waals surface area contributed by atoms with Crippen LogP contribution >= 0.6 is 0 Å². The largest absolute Gasteiger partial charge is 0.456 e. The van der Waals surface area contributed by atoms with Crippen molar-refractivity contribution in [3.05, 3.63) is 152 Å². The first-order valence-electron chi connectivity index (χ1n) is 17.9. The standard InChI is InChI=1S/C47H31N3O2Si/c1-53(2)39-25-11-8-20-33(39)43-40(53)27-35(42-32-19-7-10-23-37(32)52-44(42)43)47-49-45(30-17-12-16-29(26-30)28-14-4-3-5-15-28)48-46(50-47)34-21-13-24-38-41(34)31-18-6-9-22-36(31)51-38/h3-27H,1-2H3. The van der Waals surface area contributed by atoms with E-state index < -0.39 is 8.07 Å². The van der Waals surface area contributed by atoms with E-state index in [4.69, 9.17) is 23.8 Å². The predicted molar refractivity (Wildman–Crippen MR) is 218 cm³/mol. The van der Waals surface area contributed by atoms with Gasteiger partial charge in [0.05, 0.1) is 0 Å². The molecule has 5 nitrogen and oxygen atoms in total. The normalized spacial score (nSPS) is 13.2. The van der Waals surface area contributed by atoms with Crippen molar-refractivity contribution in [3.8, 4) is 56.4 Å². The maximum absolute atomic E-state index is 6.84. The number of hydrogen-bond donors (Lipinski definition) is 0. The van der Waals surface area contributed by atoms with Crippen LogP contribution < -0.4 is 10.4 Å². The monoisotopic (exact) mass is 697 g/mol. The van der Waals surface area contributed by atoms with E-state index in [0.717, 1.165) is 71.7 Å². The molecular formula is C47H31N3O2Si. The maximum atomic E-state index is 6.84. The summed E-state index contributed by atoms with van der Waals surface area (Å²) in [5.74, 6) is 1.81. The molecule has 3 aromatic heterocycles. The van der Waals surface area contributed by atoms with E-state index in [2.05, 4.69) is 122 Å². The van der Waals surface area contributed by atoms with Crippen molar-refractivity contribution in [2.75, 3.05) is 0 Å². The van der Waals surface area contributed by atoms with Crippen LogP contribution in [-0.4, -0.2) is 23.0 Å². The summed E-state index contributed by atoms with van der Waals surface area (Å²) in [6.45, 7) is 4.86. The Balaban J connectivity index is 1.24. The van der Waals surface area contributed by atoms with Gasteiger partial charge in [0.2, 0.25) is 0 Å². The quantitative estimate of drug-likeness (QED) is 0.171. The fourth-order valence-electron chi connectivity index (χ4n) is 8.40. The molecule has 0 fully saturated rings. The van der Waals surface area contributed by atoms with E-state index in [0.29, 0.717) is 17.5 Å². The van der Waals surface area contributed by atoms with Gasteiger partial charge in [-0.25, -0.2) is 15.0 Å². The summed E-state index contributed by atoms with van der Waals surface area (Å²) in [6, 6.07) is 52.7. The van der Waals surface area contributed by atoms with Gasteiger partial charge in [-0.1, -0.05) is 134 Å². The van der Waals surface area contributed by atoms with E-state index in [-0.39, 0.29) is 0 Å². The molecule has 0 atom stereocenters. The average molecular weight is 698 g/mol. The third-order valence-corrected chi connectivity index (χ3v) is 14.5. The first-order chi connectivity index (χ1) is 26.0. The van der Waals surface area contributed by atoms with Crippen molar-refractivity contribution >= 4 is 62.3 Å². The van der Waals surface area contributed by atoms with Crippen molar-refractivity contribution in [1.29, 1.82) is 0 Å². The Labute approximate surface area is 306 Å². The molecule has 6 heteroatoms. The molecule has 1 aliphatic heterocycles. The Hall–Kier alpha value is -6.63. The highest BCUT2D eigenvalue weighted by Gasteiger charge is 2.40. The van der Waals surface area contributed by atoms with Crippen LogP contribution in [0.4, 0.5) is 0 Å². The molecule has 1 aliphatic rings. The second-order valence-electron chi connectivity index (χ2n) is 14.3. The lowest BCUT2D eigenvalue weighted by Crippen LogP contribution is -2.49. The van der Waals surface area contributed by atoms with Crippen LogP contribution in [0.25, 0.3) is 100 Å². The van der Waals surface area contributed by atoms with Crippen molar-refractivity contribution < 1.29 is 8.83 Å². The Bertz CT molecular complexity index is 3110. The molecule has 0 N–H and O–H groups in total. The molecule has 0 spiro atoms. The highest BCUT2D eigenvalue weighted by Crippen LogP contribution is 2.44. The molecule has 0 bridgehead atoms. The van der Waals surface area contributed by atoms with Gasteiger partial charge in [0, 0.05) is 43.8 Å². The summed E-state index contributed by atoms with van der Waals surface area (Å²) in [5.41, 5.74) is 10.8. The van der Waals surface area contributed by atoms with E-state index in [9.17, 15) is 0 Å². The summed E-state index contributed by atoms with van der Waals surface area (Å²) >= 11 is 0. The summed E-state index contributed by atoms with van der Waals surface area (Å²) in [6.07, 6.45) is 0. The molecule has 0 unspecified atom stereocenters. The zero-order valence-corrected chi connectivity index (χ0v) is 30.1. The number of benzene rings is 7. The summed E-state index contributed by atoms with van der Waals surface area (Å²) in [4.78, 5) is 16.0. The maximum Gasteiger partial charge on any atom is 0.164 e. The van der Waals surface area contributed by atoms with Gasteiger partial charge >= 0.3 is 0 Å². The number of furan rings is 2. The van der Waals surface area contributed by atoms with Gasteiger partial charge in [-0.05, 0) is 57.4 Å². The van der Waals surface area contributed by atoms with Gasteiger partial charge in [-0.2, -0.15) is 0 Å². The number of nitrogens with zero attached hydrogens (tertiary/aromatic N) is 3. The van der Waals surface area contributed by atoms with Crippen LogP contribution in [0.3, 0.4) is 0 Å². The lowest BCUT2D eigenvalue weighted by atomic mass is 9.98. The number of rotatable bonds is 4. The second kappa shape index (κ2) is 11.2.